The molecule has 4 heterocycles. The van der Waals surface area contributed by atoms with Crippen LogP contribution in [0.25, 0.3) is 17.1 Å². The first-order valence-electron chi connectivity index (χ1n) is 14.3. The van der Waals surface area contributed by atoms with E-state index < -0.39 is 0 Å². The summed E-state index contributed by atoms with van der Waals surface area (Å²) in [4.78, 5) is 9.10. The number of fused-ring (bicyclic) bond motifs is 4. The number of aryl methyl sites for hydroxylation is 2. The zero-order valence-corrected chi connectivity index (χ0v) is 22.7. The highest BCUT2D eigenvalue weighted by atomic mass is 19.1. The van der Waals surface area contributed by atoms with E-state index in [0.29, 0.717) is 35.0 Å². The second kappa shape index (κ2) is 10.2. The number of halogens is 1. The summed E-state index contributed by atoms with van der Waals surface area (Å²) in [5.74, 6) is 1.95. The summed E-state index contributed by atoms with van der Waals surface area (Å²) in [7, 11) is 0. The molecule has 0 amide bonds. The molecule has 2 aliphatic heterocycles. The summed E-state index contributed by atoms with van der Waals surface area (Å²) in [5, 5.41) is 16.6. The molecule has 9 nitrogen and oxygen atoms in total. The fraction of sp³-hybridized carbons (Fsp3) is 0.400. The van der Waals surface area contributed by atoms with Gasteiger partial charge in [0.25, 0.3) is 0 Å². The van der Waals surface area contributed by atoms with Gasteiger partial charge < -0.3 is 20.9 Å². The van der Waals surface area contributed by atoms with E-state index in [4.69, 9.17) is 5.73 Å². The Hall–Kier alpha value is -4.05. The van der Waals surface area contributed by atoms with Crippen LogP contribution in [0, 0.1) is 17.7 Å². The number of anilines is 4. The van der Waals surface area contributed by atoms with Gasteiger partial charge in [0, 0.05) is 37.4 Å². The third-order valence-corrected chi connectivity index (χ3v) is 8.51. The van der Waals surface area contributed by atoms with Crippen LogP contribution in [0.2, 0.25) is 0 Å². The zero-order chi connectivity index (χ0) is 27.2. The number of aromatic nitrogens is 5. The van der Waals surface area contributed by atoms with Crippen LogP contribution < -0.4 is 16.0 Å². The molecule has 1 aliphatic carbocycles. The predicted octanol–water partition coefficient (Wildman–Crippen LogP) is 4.46. The SMILES string of the molecule is CCCN1CC2CN(c3ccc(Nc4nc(N)nn4-c4cc5c(nn4)-c4ccccc4CCC5)cc3F)CC2C1. The molecular formula is C30H34FN9. The zero-order valence-electron chi connectivity index (χ0n) is 22.7. The summed E-state index contributed by atoms with van der Waals surface area (Å²) >= 11 is 0. The van der Waals surface area contributed by atoms with Crippen molar-refractivity contribution in [3.05, 3.63) is 65.5 Å². The number of benzene rings is 2. The highest BCUT2D eigenvalue weighted by molar-refractivity contribution is 5.68. The first-order valence-corrected chi connectivity index (χ1v) is 14.3. The third-order valence-electron chi connectivity index (χ3n) is 8.51. The molecule has 2 fully saturated rings. The number of nitrogens with one attached hydrogen (secondary N) is 1. The molecule has 2 unspecified atom stereocenters. The van der Waals surface area contributed by atoms with Gasteiger partial charge in [-0.05, 0) is 79.5 Å². The Morgan fingerprint density at radius 3 is 2.58 bits per heavy atom. The van der Waals surface area contributed by atoms with Gasteiger partial charge in [-0.25, -0.2) is 4.39 Å². The van der Waals surface area contributed by atoms with Gasteiger partial charge in [0.15, 0.2) is 5.82 Å². The lowest BCUT2D eigenvalue weighted by atomic mass is 10.0. The van der Waals surface area contributed by atoms with E-state index in [1.165, 1.54) is 22.7 Å². The maximum atomic E-state index is 15.4. The van der Waals surface area contributed by atoms with E-state index in [9.17, 15) is 0 Å². The second-order valence-corrected chi connectivity index (χ2v) is 11.3. The Balaban J connectivity index is 1.11. The van der Waals surface area contributed by atoms with Crippen LogP contribution in [-0.2, 0) is 12.8 Å². The molecule has 206 valence electrons. The molecule has 10 heteroatoms. The van der Waals surface area contributed by atoms with Gasteiger partial charge in [0.2, 0.25) is 11.9 Å². The van der Waals surface area contributed by atoms with Crippen molar-refractivity contribution in [2.24, 2.45) is 11.8 Å². The van der Waals surface area contributed by atoms with Crippen molar-refractivity contribution in [1.29, 1.82) is 0 Å². The molecule has 0 spiro atoms. The van der Waals surface area contributed by atoms with E-state index in [2.05, 4.69) is 60.5 Å². The van der Waals surface area contributed by atoms with Crippen molar-refractivity contribution in [1.82, 2.24) is 29.9 Å². The molecule has 2 aromatic heterocycles. The van der Waals surface area contributed by atoms with Crippen LogP contribution in [0.3, 0.4) is 0 Å². The first kappa shape index (κ1) is 25.0. The Morgan fingerprint density at radius 1 is 0.975 bits per heavy atom. The number of rotatable bonds is 6. The molecular weight excluding hydrogens is 505 g/mol. The number of hydrogen-bond acceptors (Lipinski definition) is 8. The maximum Gasteiger partial charge on any atom is 0.241 e. The van der Waals surface area contributed by atoms with Gasteiger partial charge >= 0.3 is 0 Å². The quantitative estimate of drug-likeness (QED) is 0.371. The monoisotopic (exact) mass is 539 g/mol. The van der Waals surface area contributed by atoms with Crippen molar-refractivity contribution in [3.63, 3.8) is 0 Å². The predicted molar refractivity (Wildman–Crippen MR) is 154 cm³/mol. The minimum Gasteiger partial charge on any atom is -0.368 e. The average Bonchev–Trinajstić information content (AvgIpc) is 3.58. The molecule has 3 aliphatic rings. The maximum absolute atomic E-state index is 15.4. The van der Waals surface area contributed by atoms with E-state index in [-0.39, 0.29) is 11.8 Å². The number of nitrogens with zero attached hydrogens (tertiary/aromatic N) is 7. The Morgan fingerprint density at radius 2 is 1.77 bits per heavy atom. The smallest absolute Gasteiger partial charge is 0.241 e. The summed E-state index contributed by atoms with van der Waals surface area (Å²) in [5.41, 5.74) is 11.6. The Labute approximate surface area is 233 Å². The minimum atomic E-state index is -0.252. The van der Waals surface area contributed by atoms with Gasteiger partial charge in [0.1, 0.15) is 5.82 Å². The molecule has 2 atom stereocenters. The van der Waals surface area contributed by atoms with Crippen LogP contribution >= 0.6 is 0 Å². The van der Waals surface area contributed by atoms with Crippen molar-refractivity contribution in [2.45, 2.75) is 32.6 Å². The molecule has 2 saturated heterocycles. The molecule has 0 bridgehead atoms. The van der Waals surface area contributed by atoms with Crippen molar-refractivity contribution < 1.29 is 4.39 Å². The summed E-state index contributed by atoms with van der Waals surface area (Å²) < 4.78 is 16.9. The molecule has 4 aromatic rings. The van der Waals surface area contributed by atoms with Crippen LogP contribution in [-0.4, -0.2) is 62.6 Å². The summed E-state index contributed by atoms with van der Waals surface area (Å²) in [6, 6.07) is 15.6. The molecule has 2 aromatic carbocycles. The van der Waals surface area contributed by atoms with Crippen molar-refractivity contribution in [2.75, 3.05) is 48.7 Å². The average molecular weight is 540 g/mol. The standard InChI is InChI=1S/C30H34FN9/c1-2-12-38-15-21-17-39(18-22(21)16-38)26-11-10-23(14-25(26)31)33-30-34-29(32)37-40(30)27-13-20-8-5-7-19-6-3-4-9-24(19)28(20)36-35-27/h3-4,6,9-11,13-14,21-22H,2,5,7-8,12,15-18H2,1H3,(H3,32,33,34,37). The van der Waals surface area contributed by atoms with Crippen LogP contribution in [0.15, 0.2) is 48.5 Å². The fourth-order valence-electron chi connectivity index (χ4n) is 6.70. The highest BCUT2D eigenvalue weighted by Crippen LogP contribution is 2.36. The molecule has 7 rings (SSSR count). The first-order chi connectivity index (χ1) is 19.6. The summed E-state index contributed by atoms with van der Waals surface area (Å²) in [6.45, 7) is 7.42. The number of nitrogens with two attached hydrogens (primary N) is 1. The largest absolute Gasteiger partial charge is 0.368 e. The van der Waals surface area contributed by atoms with Crippen LogP contribution in [0.5, 0.6) is 0 Å². The van der Waals surface area contributed by atoms with E-state index in [1.54, 1.807) is 0 Å². The van der Waals surface area contributed by atoms with Crippen LogP contribution in [0.4, 0.5) is 27.7 Å². The lowest BCUT2D eigenvalue weighted by molar-refractivity contribution is 0.317. The van der Waals surface area contributed by atoms with Gasteiger partial charge in [0.05, 0.1) is 11.4 Å². The van der Waals surface area contributed by atoms with Crippen molar-refractivity contribution >= 4 is 23.3 Å². The Bertz CT molecular complexity index is 1540. The van der Waals surface area contributed by atoms with E-state index in [0.717, 1.165) is 68.8 Å². The molecule has 0 saturated carbocycles. The van der Waals surface area contributed by atoms with Gasteiger partial charge in [-0.15, -0.1) is 15.3 Å². The van der Waals surface area contributed by atoms with Gasteiger partial charge in [-0.3, -0.25) is 0 Å². The van der Waals surface area contributed by atoms with Crippen molar-refractivity contribution in [3.8, 4) is 17.1 Å². The molecule has 0 radical (unpaired) electrons. The molecule has 3 N–H and O–H groups in total. The molecule has 40 heavy (non-hydrogen) atoms. The highest BCUT2D eigenvalue weighted by Gasteiger charge is 2.40. The number of likely N-dealkylation sites (tertiary alicyclic amines) is 1. The number of hydrogen-bond donors (Lipinski definition) is 2. The lowest BCUT2D eigenvalue weighted by Crippen LogP contribution is -2.29. The topological polar surface area (TPSA) is 101 Å². The summed E-state index contributed by atoms with van der Waals surface area (Å²) in [6.07, 6.45) is 4.10. The van der Waals surface area contributed by atoms with Gasteiger partial charge in [-0.2, -0.15) is 9.67 Å². The fourth-order valence-corrected chi connectivity index (χ4v) is 6.70. The van der Waals surface area contributed by atoms with E-state index >= 15 is 4.39 Å². The third kappa shape index (κ3) is 4.56. The Kier molecular flexibility index (Phi) is 6.34. The second-order valence-electron chi connectivity index (χ2n) is 11.3. The minimum absolute atomic E-state index is 0.0994. The lowest BCUT2D eigenvalue weighted by Gasteiger charge is -2.23. The van der Waals surface area contributed by atoms with Crippen LogP contribution in [0.1, 0.15) is 30.9 Å². The van der Waals surface area contributed by atoms with E-state index in [1.807, 2.05) is 24.3 Å². The van der Waals surface area contributed by atoms with Gasteiger partial charge in [-0.1, -0.05) is 31.2 Å². The normalized spacial score (nSPS) is 20.2. The number of nitrogen functional groups attached to an aromatic ring is 1.